The standard InChI is InChI=1S/C13H20Br2O5/c1-12(2)17-8-6(5-7(14)15)16-11-10(9(8)18-12)19-13(3,4)20-11/h6-11H,5H2,1-4H3/t6-,8+,9+,10?,11?/m0/s1. The van der Waals surface area contributed by atoms with Gasteiger partial charge in [-0.3, -0.25) is 0 Å². The molecular weight excluding hydrogens is 396 g/mol. The van der Waals surface area contributed by atoms with Gasteiger partial charge in [0.05, 0.1) is 9.84 Å². The molecule has 0 aromatic heterocycles. The van der Waals surface area contributed by atoms with Gasteiger partial charge in [-0.05, 0) is 34.1 Å². The molecule has 3 fully saturated rings. The molecule has 116 valence electrons. The van der Waals surface area contributed by atoms with E-state index in [0.29, 0.717) is 0 Å². The highest BCUT2D eigenvalue weighted by atomic mass is 79.9. The number of alkyl halides is 2. The Morgan fingerprint density at radius 2 is 1.40 bits per heavy atom. The van der Waals surface area contributed by atoms with Crippen LogP contribution in [-0.2, 0) is 23.7 Å². The zero-order chi connectivity index (χ0) is 14.7. The maximum absolute atomic E-state index is 6.05. The summed E-state index contributed by atoms with van der Waals surface area (Å²) in [4.78, 5) is 0. The van der Waals surface area contributed by atoms with E-state index >= 15 is 0 Å². The maximum atomic E-state index is 6.05. The molecule has 3 rings (SSSR count). The van der Waals surface area contributed by atoms with Crippen molar-refractivity contribution >= 4 is 31.9 Å². The van der Waals surface area contributed by atoms with Crippen LogP contribution in [0.5, 0.6) is 0 Å². The predicted octanol–water partition coefficient (Wildman–Crippen LogP) is 2.89. The van der Waals surface area contributed by atoms with Crippen LogP contribution in [0.2, 0.25) is 0 Å². The van der Waals surface area contributed by atoms with Gasteiger partial charge in [-0.1, -0.05) is 31.9 Å². The number of hydrogen-bond donors (Lipinski definition) is 0. The lowest BCUT2D eigenvalue weighted by atomic mass is 9.97. The lowest BCUT2D eigenvalue weighted by Crippen LogP contribution is -2.55. The lowest BCUT2D eigenvalue weighted by Gasteiger charge is -2.37. The molecule has 3 aliphatic heterocycles. The van der Waals surface area contributed by atoms with Crippen molar-refractivity contribution in [2.75, 3.05) is 0 Å². The quantitative estimate of drug-likeness (QED) is 0.649. The van der Waals surface area contributed by atoms with Gasteiger partial charge in [0.25, 0.3) is 0 Å². The Balaban J connectivity index is 1.84. The molecule has 0 N–H and O–H groups in total. The Morgan fingerprint density at radius 1 is 0.850 bits per heavy atom. The van der Waals surface area contributed by atoms with Gasteiger partial charge in [0.1, 0.15) is 18.3 Å². The summed E-state index contributed by atoms with van der Waals surface area (Å²) >= 11 is 7.00. The van der Waals surface area contributed by atoms with E-state index in [9.17, 15) is 0 Å². The van der Waals surface area contributed by atoms with Crippen molar-refractivity contribution in [3.63, 3.8) is 0 Å². The zero-order valence-corrected chi connectivity index (χ0v) is 15.1. The van der Waals surface area contributed by atoms with Gasteiger partial charge in [0.2, 0.25) is 0 Å². The molecule has 2 unspecified atom stereocenters. The summed E-state index contributed by atoms with van der Waals surface area (Å²) in [7, 11) is 0. The number of ether oxygens (including phenoxy) is 5. The van der Waals surface area contributed by atoms with E-state index in [-0.39, 0.29) is 28.2 Å². The third-order valence-electron chi connectivity index (χ3n) is 3.66. The van der Waals surface area contributed by atoms with Crippen LogP contribution in [-0.4, -0.2) is 46.0 Å². The predicted molar refractivity (Wildman–Crippen MR) is 78.8 cm³/mol. The largest absolute Gasteiger partial charge is 0.344 e. The van der Waals surface area contributed by atoms with Crippen molar-refractivity contribution in [2.24, 2.45) is 0 Å². The van der Waals surface area contributed by atoms with Crippen molar-refractivity contribution < 1.29 is 23.7 Å². The topological polar surface area (TPSA) is 46.2 Å². The molecule has 0 bridgehead atoms. The van der Waals surface area contributed by atoms with Gasteiger partial charge in [0, 0.05) is 0 Å². The highest BCUT2D eigenvalue weighted by Crippen LogP contribution is 2.45. The van der Waals surface area contributed by atoms with Gasteiger partial charge in [-0.15, -0.1) is 0 Å². The summed E-state index contributed by atoms with van der Waals surface area (Å²) in [6.07, 6.45) is -0.335. The highest BCUT2D eigenvalue weighted by Gasteiger charge is 2.60. The maximum Gasteiger partial charge on any atom is 0.190 e. The van der Waals surface area contributed by atoms with Crippen LogP contribution < -0.4 is 0 Å². The molecule has 0 spiro atoms. The number of rotatable bonds is 2. The summed E-state index contributed by atoms with van der Waals surface area (Å²) in [5.74, 6) is -1.29. The molecular formula is C13H20Br2O5. The third-order valence-corrected chi connectivity index (χ3v) is 4.41. The van der Waals surface area contributed by atoms with Crippen LogP contribution >= 0.6 is 31.9 Å². The van der Waals surface area contributed by atoms with Crippen molar-refractivity contribution in [1.29, 1.82) is 0 Å². The van der Waals surface area contributed by atoms with Gasteiger partial charge in [-0.25, -0.2) is 0 Å². The SMILES string of the molecule is CC1(C)OC2O[C@@H](CC(Br)Br)[C@H]3OC(C)(C)O[C@H]3C2O1. The monoisotopic (exact) mass is 414 g/mol. The molecule has 0 saturated carbocycles. The molecule has 20 heavy (non-hydrogen) atoms. The van der Waals surface area contributed by atoms with E-state index in [0.717, 1.165) is 6.42 Å². The minimum Gasteiger partial charge on any atom is -0.344 e. The van der Waals surface area contributed by atoms with Crippen LogP contribution in [0.15, 0.2) is 0 Å². The average Bonchev–Trinajstić information content (AvgIpc) is 2.73. The van der Waals surface area contributed by atoms with Crippen LogP contribution in [0.1, 0.15) is 34.1 Å². The normalized spacial score (nSPS) is 45.5. The number of hydrogen-bond acceptors (Lipinski definition) is 5. The summed E-state index contributed by atoms with van der Waals surface area (Å²) in [6, 6.07) is 0. The Bertz CT molecular complexity index is 387. The fraction of sp³-hybridized carbons (Fsp3) is 1.00. The highest BCUT2D eigenvalue weighted by molar-refractivity contribution is 9.24. The van der Waals surface area contributed by atoms with Gasteiger partial charge in [-0.2, -0.15) is 0 Å². The van der Waals surface area contributed by atoms with Gasteiger partial charge in [0.15, 0.2) is 17.9 Å². The van der Waals surface area contributed by atoms with Crippen LogP contribution in [0.4, 0.5) is 0 Å². The molecule has 3 heterocycles. The molecule has 0 aliphatic carbocycles. The lowest BCUT2D eigenvalue weighted by molar-refractivity contribution is -0.234. The van der Waals surface area contributed by atoms with Crippen molar-refractivity contribution in [1.82, 2.24) is 0 Å². The van der Waals surface area contributed by atoms with E-state index in [2.05, 4.69) is 31.9 Å². The molecule has 0 aromatic rings. The first-order valence-electron chi connectivity index (χ1n) is 6.82. The van der Waals surface area contributed by atoms with E-state index < -0.39 is 17.9 Å². The molecule has 3 aliphatic rings. The smallest absolute Gasteiger partial charge is 0.190 e. The minimum atomic E-state index is -0.660. The summed E-state index contributed by atoms with van der Waals surface area (Å²) in [5.41, 5.74) is 0. The van der Waals surface area contributed by atoms with Gasteiger partial charge < -0.3 is 23.7 Å². The molecule has 0 radical (unpaired) electrons. The zero-order valence-electron chi connectivity index (χ0n) is 12.0. The Labute approximate surface area is 135 Å². The average molecular weight is 416 g/mol. The third kappa shape index (κ3) is 2.95. The fourth-order valence-electron chi connectivity index (χ4n) is 3.06. The molecule has 5 atom stereocenters. The Hall–Kier alpha value is 0.760. The first-order chi connectivity index (χ1) is 9.17. The number of halogens is 2. The van der Waals surface area contributed by atoms with Crippen molar-refractivity contribution in [3.8, 4) is 0 Å². The van der Waals surface area contributed by atoms with E-state index in [4.69, 9.17) is 23.7 Å². The Kier molecular flexibility index (Phi) is 4.03. The second-order valence-electron chi connectivity index (χ2n) is 6.33. The van der Waals surface area contributed by atoms with E-state index in [1.807, 2.05) is 27.7 Å². The minimum absolute atomic E-state index is 0.107. The van der Waals surface area contributed by atoms with E-state index in [1.54, 1.807) is 0 Å². The molecule has 7 heteroatoms. The van der Waals surface area contributed by atoms with Crippen LogP contribution in [0, 0.1) is 0 Å². The summed E-state index contributed by atoms with van der Waals surface area (Å²) < 4.78 is 30.0. The summed E-state index contributed by atoms with van der Waals surface area (Å²) in [6.45, 7) is 7.60. The first-order valence-corrected chi connectivity index (χ1v) is 8.65. The van der Waals surface area contributed by atoms with Gasteiger partial charge >= 0.3 is 0 Å². The second-order valence-corrected chi connectivity index (χ2v) is 9.77. The fourth-order valence-corrected chi connectivity index (χ4v) is 3.80. The van der Waals surface area contributed by atoms with Crippen molar-refractivity contribution in [2.45, 2.75) is 80.1 Å². The second kappa shape index (κ2) is 5.15. The van der Waals surface area contributed by atoms with Crippen LogP contribution in [0.25, 0.3) is 0 Å². The molecule has 0 aromatic carbocycles. The summed E-state index contributed by atoms with van der Waals surface area (Å²) in [5, 5.41) is 0. The first kappa shape index (κ1) is 15.6. The van der Waals surface area contributed by atoms with Crippen LogP contribution in [0.3, 0.4) is 0 Å². The number of fused-ring (bicyclic) bond motifs is 3. The Morgan fingerprint density at radius 3 is 2.05 bits per heavy atom. The molecule has 5 nitrogen and oxygen atoms in total. The van der Waals surface area contributed by atoms with E-state index in [1.165, 1.54) is 0 Å². The van der Waals surface area contributed by atoms with Crippen molar-refractivity contribution in [3.05, 3.63) is 0 Å². The molecule has 3 saturated heterocycles. The molecule has 0 amide bonds.